The Kier molecular flexibility index (Phi) is 7.87. The topological polar surface area (TPSA) is 29.3 Å². The molecule has 1 fully saturated rings. The van der Waals surface area contributed by atoms with E-state index < -0.39 is 0 Å². The van der Waals surface area contributed by atoms with Crippen molar-refractivity contribution in [3.8, 4) is 0 Å². The second-order valence-electron chi connectivity index (χ2n) is 5.12. The van der Waals surface area contributed by atoms with Crippen LogP contribution in [0.5, 0.6) is 0 Å². The van der Waals surface area contributed by atoms with Crippen LogP contribution in [0.15, 0.2) is 0 Å². The van der Waals surface area contributed by atoms with Crippen LogP contribution in [0.4, 0.5) is 0 Å². The summed E-state index contributed by atoms with van der Waals surface area (Å²) in [5, 5.41) is 0. The van der Waals surface area contributed by atoms with Crippen molar-refractivity contribution >= 4 is 0 Å². The van der Waals surface area contributed by atoms with E-state index in [9.17, 15) is 0 Å². The lowest BCUT2D eigenvalue weighted by Gasteiger charge is -2.33. The van der Waals surface area contributed by atoms with Crippen LogP contribution in [0.3, 0.4) is 0 Å². The van der Waals surface area contributed by atoms with Gasteiger partial charge in [0, 0.05) is 6.04 Å². The summed E-state index contributed by atoms with van der Waals surface area (Å²) in [6.45, 7) is 5.72. The molecule has 0 radical (unpaired) electrons. The fraction of sp³-hybridized carbons (Fsp3) is 1.00. The highest BCUT2D eigenvalue weighted by molar-refractivity contribution is 4.74. The van der Waals surface area contributed by atoms with Crippen molar-refractivity contribution in [2.75, 3.05) is 19.6 Å². The average Bonchev–Trinajstić information content (AvgIpc) is 2.35. The lowest BCUT2D eigenvalue weighted by Crippen LogP contribution is -2.37. The number of hydrogen-bond donors (Lipinski definition) is 1. The van der Waals surface area contributed by atoms with Gasteiger partial charge in [-0.05, 0) is 45.3 Å². The first-order valence-corrected chi connectivity index (χ1v) is 7.32. The van der Waals surface area contributed by atoms with E-state index in [0.717, 1.165) is 12.6 Å². The molecule has 1 saturated carbocycles. The molecule has 0 aromatic rings. The van der Waals surface area contributed by atoms with Crippen molar-refractivity contribution in [3.05, 3.63) is 0 Å². The number of rotatable bonds is 8. The molecule has 0 saturated heterocycles. The Balaban J connectivity index is 2.10. The van der Waals surface area contributed by atoms with Crippen molar-refractivity contribution in [2.24, 2.45) is 5.73 Å². The molecule has 0 heterocycles. The van der Waals surface area contributed by atoms with Gasteiger partial charge in [0.05, 0.1) is 0 Å². The Morgan fingerprint density at radius 3 is 2.31 bits per heavy atom. The average molecular weight is 226 g/mol. The molecule has 0 aromatic heterocycles. The van der Waals surface area contributed by atoms with Gasteiger partial charge < -0.3 is 10.6 Å². The third-order valence-electron chi connectivity index (χ3n) is 3.90. The Labute approximate surface area is 102 Å². The summed E-state index contributed by atoms with van der Waals surface area (Å²) in [6.07, 6.45) is 12.5. The first-order chi connectivity index (χ1) is 7.88. The Morgan fingerprint density at radius 2 is 1.69 bits per heavy atom. The largest absolute Gasteiger partial charge is 0.330 e. The maximum atomic E-state index is 5.50. The number of unbranched alkanes of at least 4 members (excludes halogenated alkanes) is 3. The van der Waals surface area contributed by atoms with Crippen LogP contribution in [0.2, 0.25) is 0 Å². The highest BCUT2D eigenvalue weighted by Gasteiger charge is 2.18. The van der Waals surface area contributed by atoms with Crippen LogP contribution in [0.1, 0.15) is 64.7 Å². The van der Waals surface area contributed by atoms with Crippen LogP contribution in [-0.4, -0.2) is 30.6 Å². The molecule has 0 unspecified atom stereocenters. The molecule has 2 N–H and O–H groups in total. The van der Waals surface area contributed by atoms with E-state index in [2.05, 4.69) is 11.8 Å². The minimum atomic E-state index is 0.861. The zero-order chi connectivity index (χ0) is 11.6. The van der Waals surface area contributed by atoms with Crippen molar-refractivity contribution in [2.45, 2.75) is 70.8 Å². The minimum absolute atomic E-state index is 0.861. The van der Waals surface area contributed by atoms with Crippen LogP contribution in [-0.2, 0) is 0 Å². The number of nitrogens with two attached hydrogens (primary N) is 1. The summed E-state index contributed by atoms with van der Waals surface area (Å²) in [4.78, 5) is 2.71. The molecule has 2 nitrogen and oxygen atoms in total. The van der Waals surface area contributed by atoms with E-state index in [1.165, 1.54) is 70.9 Å². The number of hydrogen-bond acceptors (Lipinski definition) is 2. The molecule has 0 amide bonds. The SMILES string of the molecule is CCN(CCCCCCN)C1CCCCC1. The van der Waals surface area contributed by atoms with E-state index in [1.54, 1.807) is 0 Å². The van der Waals surface area contributed by atoms with Gasteiger partial charge >= 0.3 is 0 Å². The maximum absolute atomic E-state index is 5.50. The molecule has 1 aliphatic rings. The predicted octanol–water partition coefficient (Wildman–Crippen LogP) is 3.16. The highest BCUT2D eigenvalue weighted by Crippen LogP contribution is 2.22. The van der Waals surface area contributed by atoms with E-state index in [-0.39, 0.29) is 0 Å². The van der Waals surface area contributed by atoms with Gasteiger partial charge in [-0.25, -0.2) is 0 Å². The quantitative estimate of drug-likeness (QED) is 0.644. The van der Waals surface area contributed by atoms with Crippen LogP contribution in [0.25, 0.3) is 0 Å². The standard InChI is InChI=1S/C14H30N2/c1-2-16(13-9-4-3-8-12-15)14-10-6-5-7-11-14/h14H,2-13,15H2,1H3. The number of nitrogens with zero attached hydrogens (tertiary/aromatic N) is 1. The van der Waals surface area contributed by atoms with Gasteiger partial charge in [-0.15, -0.1) is 0 Å². The lowest BCUT2D eigenvalue weighted by atomic mass is 9.94. The van der Waals surface area contributed by atoms with E-state index in [4.69, 9.17) is 5.73 Å². The van der Waals surface area contributed by atoms with Gasteiger partial charge in [-0.1, -0.05) is 39.0 Å². The normalized spacial score (nSPS) is 18.2. The fourth-order valence-corrected chi connectivity index (χ4v) is 2.86. The molecule has 2 heteroatoms. The molecule has 1 aliphatic carbocycles. The molecule has 0 spiro atoms. The fourth-order valence-electron chi connectivity index (χ4n) is 2.86. The van der Waals surface area contributed by atoms with E-state index >= 15 is 0 Å². The molecular formula is C14H30N2. The van der Waals surface area contributed by atoms with Crippen molar-refractivity contribution < 1.29 is 0 Å². The molecular weight excluding hydrogens is 196 g/mol. The predicted molar refractivity (Wildman–Crippen MR) is 71.6 cm³/mol. The summed E-state index contributed by atoms with van der Waals surface area (Å²) >= 11 is 0. The zero-order valence-electron chi connectivity index (χ0n) is 11.1. The summed E-state index contributed by atoms with van der Waals surface area (Å²) in [5.74, 6) is 0. The third kappa shape index (κ3) is 5.31. The van der Waals surface area contributed by atoms with Gasteiger partial charge in [-0.2, -0.15) is 0 Å². The summed E-state index contributed by atoms with van der Waals surface area (Å²) in [5.41, 5.74) is 5.50. The smallest absolute Gasteiger partial charge is 0.00951 e. The Hall–Kier alpha value is -0.0800. The van der Waals surface area contributed by atoms with Crippen LogP contribution >= 0.6 is 0 Å². The van der Waals surface area contributed by atoms with Crippen molar-refractivity contribution in [1.82, 2.24) is 4.90 Å². The minimum Gasteiger partial charge on any atom is -0.330 e. The van der Waals surface area contributed by atoms with Crippen molar-refractivity contribution in [1.29, 1.82) is 0 Å². The first kappa shape index (κ1) is 14.0. The third-order valence-corrected chi connectivity index (χ3v) is 3.90. The molecule has 16 heavy (non-hydrogen) atoms. The summed E-state index contributed by atoms with van der Waals surface area (Å²) < 4.78 is 0. The second kappa shape index (κ2) is 9.00. The van der Waals surface area contributed by atoms with Crippen LogP contribution in [0, 0.1) is 0 Å². The van der Waals surface area contributed by atoms with Crippen molar-refractivity contribution in [3.63, 3.8) is 0 Å². The lowest BCUT2D eigenvalue weighted by molar-refractivity contribution is 0.160. The molecule has 1 rings (SSSR count). The second-order valence-corrected chi connectivity index (χ2v) is 5.12. The molecule has 96 valence electrons. The summed E-state index contributed by atoms with van der Waals surface area (Å²) in [7, 11) is 0. The molecule has 0 aromatic carbocycles. The molecule has 0 bridgehead atoms. The summed E-state index contributed by atoms with van der Waals surface area (Å²) in [6, 6.07) is 0.897. The Bertz CT molecular complexity index is 153. The van der Waals surface area contributed by atoms with Gasteiger partial charge in [0.1, 0.15) is 0 Å². The van der Waals surface area contributed by atoms with Crippen LogP contribution < -0.4 is 5.73 Å². The zero-order valence-corrected chi connectivity index (χ0v) is 11.1. The Morgan fingerprint density at radius 1 is 1.00 bits per heavy atom. The molecule has 0 atom stereocenters. The van der Waals surface area contributed by atoms with E-state index in [0.29, 0.717) is 0 Å². The van der Waals surface area contributed by atoms with E-state index in [1.807, 2.05) is 0 Å². The van der Waals surface area contributed by atoms with Gasteiger partial charge in [0.15, 0.2) is 0 Å². The highest BCUT2D eigenvalue weighted by atomic mass is 15.1. The molecule has 0 aliphatic heterocycles. The maximum Gasteiger partial charge on any atom is 0.00951 e. The van der Waals surface area contributed by atoms with Gasteiger partial charge in [0.2, 0.25) is 0 Å². The van der Waals surface area contributed by atoms with Gasteiger partial charge in [-0.3, -0.25) is 0 Å². The first-order valence-electron chi connectivity index (χ1n) is 7.32. The monoisotopic (exact) mass is 226 g/mol. The van der Waals surface area contributed by atoms with Gasteiger partial charge in [0.25, 0.3) is 0 Å².